The summed E-state index contributed by atoms with van der Waals surface area (Å²) in [5.41, 5.74) is 8.28. The van der Waals surface area contributed by atoms with Crippen LogP contribution in [0.1, 0.15) is 106 Å². The molecule has 1 aromatic rings. The maximum atomic E-state index is 11.4. The van der Waals surface area contributed by atoms with Gasteiger partial charge in [-0.25, -0.2) is 0 Å². The van der Waals surface area contributed by atoms with E-state index in [-0.39, 0.29) is 31.1 Å². The van der Waals surface area contributed by atoms with Gasteiger partial charge in [-0.2, -0.15) is 0 Å². The van der Waals surface area contributed by atoms with Gasteiger partial charge in [-0.1, -0.05) is 93.0 Å². The predicted molar refractivity (Wildman–Crippen MR) is 129 cm³/mol. The molecule has 0 aliphatic heterocycles. The number of aliphatic hydroxyl groups excluding tert-OH is 1. The average molecular weight is 404 g/mol. The first-order valence-electron chi connectivity index (χ1n) is 11.0. The molecule has 0 atom stereocenters. The van der Waals surface area contributed by atoms with E-state index in [9.17, 15) is 5.11 Å². The van der Waals surface area contributed by atoms with Crippen molar-refractivity contribution in [3.63, 3.8) is 0 Å². The molecular weight excluding hydrogens is 361 g/mol. The molecule has 2 rings (SSSR count). The Balaban J connectivity index is 0.00000450. The minimum absolute atomic E-state index is 0. The summed E-state index contributed by atoms with van der Waals surface area (Å²) in [6.45, 7) is 22.5. The third-order valence-electron chi connectivity index (χ3n) is 5.95. The molecule has 0 aromatic heterocycles. The van der Waals surface area contributed by atoms with Crippen LogP contribution in [0.4, 0.5) is 0 Å². The molecule has 0 saturated carbocycles. The van der Waals surface area contributed by atoms with Gasteiger partial charge in [0.15, 0.2) is 0 Å². The van der Waals surface area contributed by atoms with Crippen molar-refractivity contribution in [1.82, 2.24) is 0 Å². The monoisotopic (exact) mass is 403 g/mol. The average Bonchev–Trinajstić information content (AvgIpc) is 2.58. The predicted octanol–water partition coefficient (Wildman–Crippen LogP) is 5.18. The van der Waals surface area contributed by atoms with E-state index in [0.717, 1.165) is 11.3 Å². The molecule has 162 valence electrons. The van der Waals surface area contributed by atoms with Gasteiger partial charge in [0.1, 0.15) is 5.76 Å². The first-order chi connectivity index (χ1) is 13.2. The summed E-state index contributed by atoms with van der Waals surface area (Å²) in [4.78, 5) is 4.47. The summed E-state index contributed by atoms with van der Waals surface area (Å²) in [6.07, 6.45) is 0.699. The molecule has 0 heterocycles. The molecule has 30 heavy (non-hydrogen) atoms. The summed E-state index contributed by atoms with van der Waals surface area (Å²) in [6, 6.07) is 6.72. The fourth-order valence-electron chi connectivity index (χ4n) is 4.42. The fourth-order valence-corrected chi connectivity index (χ4v) is 4.42. The van der Waals surface area contributed by atoms with Crippen LogP contribution in [0.25, 0.3) is 5.57 Å². The zero-order valence-electron chi connectivity index (χ0n) is 22.5. The van der Waals surface area contributed by atoms with E-state index >= 15 is 0 Å². The van der Waals surface area contributed by atoms with Gasteiger partial charge in [0.05, 0.1) is 5.71 Å². The zero-order chi connectivity index (χ0) is 22.3. The standard InChI is InChI=1S/C27H41NO.Li.H/c1-16(2)18-13-12-14-19(17(3)4)22(18)23-20(26(5,6)7)15-21(28-11)25(29)24(23)27(8,9)10;;/h12-14,16-17,29H,15H2,1-11H3;;/q;+1;-1. The van der Waals surface area contributed by atoms with E-state index in [1.165, 1.54) is 27.8 Å². The number of benzene rings is 1. The second kappa shape index (κ2) is 9.50. The number of hydrogen-bond acceptors (Lipinski definition) is 2. The Bertz CT molecular complexity index is 851. The topological polar surface area (TPSA) is 32.6 Å². The Hall–Kier alpha value is -1.23. The number of allylic oxidation sites excluding steroid dienone is 4. The second-order valence-electron chi connectivity index (χ2n) is 11.0. The van der Waals surface area contributed by atoms with E-state index in [1.54, 1.807) is 7.05 Å². The molecule has 0 radical (unpaired) electrons. The van der Waals surface area contributed by atoms with E-state index in [1.807, 2.05) is 0 Å². The molecule has 1 N–H and O–H groups in total. The van der Waals surface area contributed by atoms with Gasteiger partial charge in [0, 0.05) is 19.0 Å². The van der Waals surface area contributed by atoms with Crippen molar-refractivity contribution in [2.75, 3.05) is 7.05 Å². The van der Waals surface area contributed by atoms with E-state index in [0.29, 0.717) is 24.0 Å². The van der Waals surface area contributed by atoms with Gasteiger partial charge in [0.25, 0.3) is 0 Å². The van der Waals surface area contributed by atoms with Gasteiger partial charge >= 0.3 is 18.9 Å². The molecule has 1 aliphatic carbocycles. The van der Waals surface area contributed by atoms with Gasteiger partial charge in [-0.3, -0.25) is 4.99 Å². The number of rotatable bonds is 3. The minimum atomic E-state index is -0.204. The minimum Gasteiger partial charge on any atom is -1.00 e. The molecular formula is C27H42LiNO. The molecule has 2 nitrogen and oxygen atoms in total. The molecule has 3 heteroatoms. The van der Waals surface area contributed by atoms with Crippen LogP contribution in [0, 0.1) is 10.8 Å². The molecule has 0 bridgehead atoms. The van der Waals surface area contributed by atoms with E-state index in [2.05, 4.69) is 92.4 Å². The van der Waals surface area contributed by atoms with Crippen molar-refractivity contribution in [1.29, 1.82) is 0 Å². The maximum Gasteiger partial charge on any atom is 1.00 e. The largest absolute Gasteiger partial charge is 1.00 e. The number of aliphatic imine (C=N–C) groups is 1. The van der Waals surface area contributed by atoms with Crippen LogP contribution < -0.4 is 18.9 Å². The molecule has 1 aliphatic rings. The molecule has 0 unspecified atom stereocenters. The van der Waals surface area contributed by atoms with Crippen LogP contribution in [-0.4, -0.2) is 17.9 Å². The normalized spacial score (nSPS) is 17.3. The summed E-state index contributed by atoms with van der Waals surface area (Å²) < 4.78 is 0. The summed E-state index contributed by atoms with van der Waals surface area (Å²) in [5, 5.41) is 11.4. The Morgan fingerprint density at radius 3 is 1.70 bits per heavy atom. The van der Waals surface area contributed by atoms with Crippen LogP contribution in [0.2, 0.25) is 0 Å². The number of nitrogens with zero attached hydrogens (tertiary/aromatic N) is 1. The summed E-state index contributed by atoms with van der Waals surface area (Å²) >= 11 is 0. The second-order valence-corrected chi connectivity index (χ2v) is 11.0. The SMILES string of the molecule is CN=C1CC(C(C)(C)C)=C(c2c(C(C)C)cccc2C(C)C)C(C(C)(C)C)=C1O.[H-].[Li+]. The van der Waals surface area contributed by atoms with Crippen molar-refractivity contribution < 1.29 is 25.4 Å². The first-order valence-corrected chi connectivity index (χ1v) is 11.0. The van der Waals surface area contributed by atoms with Crippen LogP contribution in [0.3, 0.4) is 0 Å². The van der Waals surface area contributed by atoms with Gasteiger partial charge < -0.3 is 6.53 Å². The molecule has 1 aromatic carbocycles. The Labute approximate surface area is 198 Å². The van der Waals surface area contributed by atoms with Gasteiger partial charge in [-0.15, -0.1) is 0 Å². The smallest absolute Gasteiger partial charge is 1.00 e. The number of hydrogen-bond donors (Lipinski definition) is 1. The third kappa shape index (κ3) is 5.15. The summed E-state index contributed by atoms with van der Waals surface area (Å²) in [7, 11) is 1.79. The van der Waals surface area contributed by atoms with Gasteiger partial charge in [-0.05, 0) is 44.9 Å². The summed E-state index contributed by atoms with van der Waals surface area (Å²) in [5.74, 6) is 1.18. The van der Waals surface area contributed by atoms with Crippen molar-refractivity contribution in [3.05, 3.63) is 51.8 Å². The fraction of sp³-hybridized carbons (Fsp3) is 0.593. The zero-order valence-corrected chi connectivity index (χ0v) is 21.5. The Morgan fingerprint density at radius 1 is 0.900 bits per heavy atom. The molecule has 0 spiro atoms. The Kier molecular flexibility index (Phi) is 8.49. The van der Waals surface area contributed by atoms with Crippen LogP contribution >= 0.6 is 0 Å². The first kappa shape index (κ1) is 26.8. The third-order valence-corrected chi connectivity index (χ3v) is 5.95. The van der Waals surface area contributed by atoms with Crippen LogP contribution in [-0.2, 0) is 0 Å². The molecule has 0 fully saturated rings. The van der Waals surface area contributed by atoms with Crippen molar-refractivity contribution in [2.24, 2.45) is 15.8 Å². The molecule has 0 amide bonds. The van der Waals surface area contributed by atoms with E-state index in [4.69, 9.17) is 0 Å². The van der Waals surface area contributed by atoms with Crippen LogP contribution in [0.5, 0.6) is 0 Å². The van der Waals surface area contributed by atoms with Crippen molar-refractivity contribution in [3.8, 4) is 0 Å². The van der Waals surface area contributed by atoms with Crippen molar-refractivity contribution in [2.45, 2.75) is 87.5 Å². The van der Waals surface area contributed by atoms with Gasteiger partial charge in [0.2, 0.25) is 0 Å². The maximum absolute atomic E-state index is 11.4. The van der Waals surface area contributed by atoms with E-state index < -0.39 is 0 Å². The quantitative estimate of drug-likeness (QED) is 0.693. The molecule has 0 saturated heterocycles. The van der Waals surface area contributed by atoms with Crippen LogP contribution in [0.15, 0.2) is 40.1 Å². The number of aliphatic hydroxyl groups is 1. The Morgan fingerprint density at radius 2 is 1.37 bits per heavy atom. The van der Waals surface area contributed by atoms with Crippen molar-refractivity contribution >= 4 is 11.3 Å².